The molecule has 14 heavy (non-hydrogen) atoms. The third kappa shape index (κ3) is 3.00. The van der Waals surface area contributed by atoms with E-state index in [9.17, 15) is 0 Å². The fourth-order valence-electron chi connectivity index (χ4n) is 1.18. The largest absolute Gasteiger partial charge is 0.489 e. The van der Waals surface area contributed by atoms with E-state index in [0.717, 1.165) is 16.6 Å². The molecule has 0 aliphatic carbocycles. The van der Waals surface area contributed by atoms with Crippen LogP contribution in [0, 0.1) is 6.92 Å². The number of aryl methyl sites for hydroxylation is 1. The molecule has 1 aromatic rings. The first-order valence-corrected chi connectivity index (χ1v) is 5.59. The van der Waals surface area contributed by atoms with E-state index in [4.69, 9.17) is 10.5 Å². The Balaban J connectivity index is 2.72. The lowest BCUT2D eigenvalue weighted by molar-refractivity contribution is 0.205. The van der Waals surface area contributed by atoms with Gasteiger partial charge in [0.1, 0.15) is 11.9 Å². The number of benzene rings is 1. The van der Waals surface area contributed by atoms with Gasteiger partial charge in [-0.05, 0) is 37.1 Å². The summed E-state index contributed by atoms with van der Waals surface area (Å²) in [5.41, 5.74) is 6.74. The van der Waals surface area contributed by atoms with Gasteiger partial charge in [-0.15, -0.1) is 0 Å². The van der Waals surface area contributed by atoms with Crippen LogP contribution in [0.2, 0.25) is 0 Å². The molecule has 0 aromatic heterocycles. The Hall–Kier alpha value is -0.540. The van der Waals surface area contributed by atoms with E-state index in [1.165, 1.54) is 5.56 Å². The van der Waals surface area contributed by atoms with E-state index in [1.807, 2.05) is 25.1 Å². The number of rotatable bonds is 4. The molecule has 0 bridgehead atoms. The van der Waals surface area contributed by atoms with Crippen LogP contribution in [-0.2, 0) is 0 Å². The van der Waals surface area contributed by atoms with Crippen molar-refractivity contribution in [3.8, 4) is 5.75 Å². The van der Waals surface area contributed by atoms with Gasteiger partial charge in [-0.2, -0.15) is 0 Å². The normalized spacial score (nSPS) is 12.6. The third-order valence-electron chi connectivity index (χ3n) is 2.15. The highest BCUT2D eigenvalue weighted by Crippen LogP contribution is 2.22. The van der Waals surface area contributed by atoms with Crippen LogP contribution in [0.25, 0.3) is 0 Å². The Morgan fingerprint density at radius 1 is 1.50 bits per heavy atom. The first-order chi connectivity index (χ1) is 6.67. The maximum Gasteiger partial charge on any atom is 0.120 e. The minimum absolute atomic E-state index is 0.121. The lowest BCUT2D eigenvalue weighted by Crippen LogP contribution is -2.25. The Kier molecular flexibility index (Phi) is 4.42. The van der Waals surface area contributed by atoms with Crippen molar-refractivity contribution >= 4 is 15.9 Å². The van der Waals surface area contributed by atoms with Gasteiger partial charge < -0.3 is 10.5 Å². The summed E-state index contributed by atoms with van der Waals surface area (Å²) in [5.74, 6) is 0.892. The molecule has 0 aliphatic heterocycles. The average Bonchev–Trinajstić information content (AvgIpc) is 2.19. The molecule has 0 saturated carbocycles. The summed E-state index contributed by atoms with van der Waals surface area (Å²) in [5, 5.41) is 0. The maximum absolute atomic E-state index is 5.70. The van der Waals surface area contributed by atoms with Crippen molar-refractivity contribution in [2.45, 2.75) is 26.4 Å². The number of hydrogen-bond acceptors (Lipinski definition) is 2. The summed E-state index contributed by atoms with van der Waals surface area (Å²) in [4.78, 5) is 0. The SMILES string of the molecule is CCC(CN)Oc1ccc(Br)c(C)c1. The van der Waals surface area contributed by atoms with E-state index in [2.05, 4.69) is 22.9 Å². The zero-order valence-electron chi connectivity index (χ0n) is 8.59. The van der Waals surface area contributed by atoms with Crippen LogP contribution in [0.5, 0.6) is 5.75 Å². The summed E-state index contributed by atoms with van der Waals surface area (Å²) in [7, 11) is 0. The molecular formula is C11H16BrNO. The fraction of sp³-hybridized carbons (Fsp3) is 0.455. The Morgan fingerprint density at radius 2 is 2.21 bits per heavy atom. The molecule has 1 rings (SSSR count). The number of ether oxygens (including phenoxy) is 1. The van der Waals surface area contributed by atoms with Crippen molar-refractivity contribution in [1.82, 2.24) is 0 Å². The second kappa shape index (κ2) is 5.37. The van der Waals surface area contributed by atoms with Crippen LogP contribution >= 0.6 is 15.9 Å². The Morgan fingerprint density at radius 3 is 2.71 bits per heavy atom. The number of hydrogen-bond donors (Lipinski definition) is 1. The van der Waals surface area contributed by atoms with Crippen LogP contribution < -0.4 is 10.5 Å². The van der Waals surface area contributed by atoms with Gasteiger partial charge in [0, 0.05) is 11.0 Å². The first kappa shape index (κ1) is 11.5. The molecule has 0 heterocycles. The lowest BCUT2D eigenvalue weighted by atomic mass is 10.2. The van der Waals surface area contributed by atoms with Gasteiger partial charge >= 0.3 is 0 Å². The minimum atomic E-state index is 0.121. The molecule has 1 aromatic carbocycles. The van der Waals surface area contributed by atoms with Crippen LogP contribution in [-0.4, -0.2) is 12.6 Å². The molecule has 0 aliphatic rings. The van der Waals surface area contributed by atoms with Crippen molar-refractivity contribution in [2.75, 3.05) is 6.54 Å². The highest BCUT2D eigenvalue weighted by atomic mass is 79.9. The van der Waals surface area contributed by atoms with Gasteiger partial charge in [0.25, 0.3) is 0 Å². The van der Waals surface area contributed by atoms with E-state index in [-0.39, 0.29) is 6.10 Å². The molecule has 0 spiro atoms. The third-order valence-corrected chi connectivity index (χ3v) is 3.04. The molecular weight excluding hydrogens is 242 g/mol. The minimum Gasteiger partial charge on any atom is -0.489 e. The highest BCUT2D eigenvalue weighted by Gasteiger charge is 2.05. The zero-order chi connectivity index (χ0) is 10.6. The highest BCUT2D eigenvalue weighted by molar-refractivity contribution is 9.10. The van der Waals surface area contributed by atoms with Crippen molar-refractivity contribution in [1.29, 1.82) is 0 Å². The molecule has 0 fully saturated rings. The van der Waals surface area contributed by atoms with Crippen molar-refractivity contribution in [3.63, 3.8) is 0 Å². The summed E-state index contributed by atoms with van der Waals surface area (Å²) in [6, 6.07) is 5.96. The number of halogens is 1. The van der Waals surface area contributed by atoms with Crippen LogP contribution in [0.3, 0.4) is 0 Å². The van der Waals surface area contributed by atoms with E-state index < -0.39 is 0 Å². The fourth-order valence-corrected chi connectivity index (χ4v) is 1.43. The van der Waals surface area contributed by atoms with Gasteiger partial charge in [-0.1, -0.05) is 22.9 Å². The molecule has 3 heteroatoms. The molecule has 2 nitrogen and oxygen atoms in total. The average molecular weight is 258 g/mol. The topological polar surface area (TPSA) is 35.2 Å². The van der Waals surface area contributed by atoms with Gasteiger partial charge in [-0.25, -0.2) is 0 Å². The van der Waals surface area contributed by atoms with Crippen molar-refractivity contribution < 1.29 is 4.74 Å². The Bertz CT molecular complexity index is 297. The van der Waals surface area contributed by atoms with E-state index in [0.29, 0.717) is 6.54 Å². The molecule has 78 valence electrons. The number of nitrogens with two attached hydrogens (primary N) is 1. The quantitative estimate of drug-likeness (QED) is 0.901. The predicted octanol–water partition coefficient (Wildman–Crippen LogP) is 2.87. The van der Waals surface area contributed by atoms with E-state index >= 15 is 0 Å². The summed E-state index contributed by atoms with van der Waals surface area (Å²) < 4.78 is 6.81. The maximum atomic E-state index is 5.70. The smallest absolute Gasteiger partial charge is 0.120 e. The second-order valence-electron chi connectivity index (χ2n) is 3.29. The van der Waals surface area contributed by atoms with Gasteiger partial charge in [0.2, 0.25) is 0 Å². The monoisotopic (exact) mass is 257 g/mol. The van der Waals surface area contributed by atoms with E-state index in [1.54, 1.807) is 0 Å². The molecule has 1 unspecified atom stereocenters. The van der Waals surface area contributed by atoms with Crippen LogP contribution in [0.1, 0.15) is 18.9 Å². The standard InChI is InChI=1S/C11H16BrNO/c1-3-9(7-13)14-10-4-5-11(12)8(2)6-10/h4-6,9H,3,7,13H2,1-2H3. The second-order valence-corrected chi connectivity index (χ2v) is 4.15. The summed E-state index contributed by atoms with van der Waals surface area (Å²) in [6.45, 7) is 4.68. The Labute approximate surface area is 93.6 Å². The van der Waals surface area contributed by atoms with Gasteiger partial charge in [0.15, 0.2) is 0 Å². The van der Waals surface area contributed by atoms with Crippen LogP contribution in [0.4, 0.5) is 0 Å². The summed E-state index contributed by atoms with van der Waals surface area (Å²) >= 11 is 3.45. The molecule has 0 amide bonds. The lowest BCUT2D eigenvalue weighted by Gasteiger charge is -2.15. The van der Waals surface area contributed by atoms with Gasteiger partial charge in [-0.3, -0.25) is 0 Å². The first-order valence-electron chi connectivity index (χ1n) is 4.80. The van der Waals surface area contributed by atoms with Crippen molar-refractivity contribution in [2.24, 2.45) is 5.73 Å². The molecule has 2 N–H and O–H groups in total. The molecule has 1 atom stereocenters. The van der Waals surface area contributed by atoms with Crippen LogP contribution in [0.15, 0.2) is 22.7 Å². The summed E-state index contributed by atoms with van der Waals surface area (Å²) in [6.07, 6.45) is 1.06. The predicted molar refractivity (Wildman–Crippen MR) is 62.6 cm³/mol. The van der Waals surface area contributed by atoms with Crippen molar-refractivity contribution in [3.05, 3.63) is 28.2 Å². The molecule has 0 radical (unpaired) electrons. The zero-order valence-corrected chi connectivity index (χ0v) is 10.2. The molecule has 0 saturated heterocycles. The van der Waals surface area contributed by atoms with Gasteiger partial charge in [0.05, 0.1) is 0 Å².